The molecule has 0 saturated carbocycles. The predicted molar refractivity (Wildman–Crippen MR) is 84.5 cm³/mol. The summed E-state index contributed by atoms with van der Waals surface area (Å²) in [6.07, 6.45) is 6.20. The highest BCUT2D eigenvalue weighted by Gasteiger charge is 2.48. The van der Waals surface area contributed by atoms with E-state index in [1.807, 2.05) is 6.08 Å². The van der Waals surface area contributed by atoms with E-state index in [1.165, 1.54) is 21.9 Å². The molecular formula is C19H13ClO. The zero-order valence-electron chi connectivity index (χ0n) is 11.3. The molecule has 0 amide bonds. The number of rotatable bonds is 0. The largest absolute Gasteiger partial charge is 0.293 e. The highest BCUT2D eigenvalue weighted by Crippen LogP contribution is 2.58. The standard InChI is InChI=1S/C19H13ClO/c20-15-9-11-7-8-14(19(15)21)18-13-6-2-4-10-3-1-5-12(16(10)13)17(11)18/h1-9,11,14,17-18H/t11-,14-,17+,18+/m1/s1. The number of allylic oxidation sites excluding steroid dienone is 4. The van der Waals surface area contributed by atoms with Crippen LogP contribution in [-0.4, -0.2) is 5.78 Å². The molecule has 4 atom stereocenters. The van der Waals surface area contributed by atoms with Crippen LogP contribution in [0.15, 0.2) is 59.7 Å². The van der Waals surface area contributed by atoms with Crippen molar-refractivity contribution in [2.45, 2.75) is 11.8 Å². The minimum atomic E-state index is -0.115. The topological polar surface area (TPSA) is 17.1 Å². The number of carbonyl (C=O) groups excluding carboxylic acids is 1. The van der Waals surface area contributed by atoms with Crippen LogP contribution in [0.5, 0.6) is 0 Å². The number of ketones is 1. The average Bonchev–Trinajstić information content (AvgIpc) is 2.73. The van der Waals surface area contributed by atoms with E-state index in [-0.39, 0.29) is 23.5 Å². The predicted octanol–water partition coefficient (Wildman–Crippen LogP) is 4.53. The van der Waals surface area contributed by atoms with Gasteiger partial charge < -0.3 is 0 Å². The second-order valence-electron chi connectivity index (χ2n) is 6.21. The van der Waals surface area contributed by atoms with Gasteiger partial charge in [0.25, 0.3) is 0 Å². The summed E-state index contributed by atoms with van der Waals surface area (Å²) in [5.41, 5.74) is 2.70. The minimum Gasteiger partial charge on any atom is -0.293 e. The molecule has 6 rings (SSSR count). The Labute approximate surface area is 127 Å². The molecule has 4 aliphatic rings. The second-order valence-corrected chi connectivity index (χ2v) is 6.62. The zero-order chi connectivity index (χ0) is 14.1. The Morgan fingerprint density at radius 2 is 1.62 bits per heavy atom. The molecule has 0 unspecified atom stereocenters. The molecule has 0 aliphatic heterocycles. The third-order valence-electron chi connectivity index (χ3n) is 5.29. The van der Waals surface area contributed by atoms with Gasteiger partial charge >= 0.3 is 0 Å². The summed E-state index contributed by atoms with van der Waals surface area (Å²) in [6.45, 7) is 0. The van der Waals surface area contributed by atoms with Crippen LogP contribution in [0, 0.1) is 11.8 Å². The van der Waals surface area contributed by atoms with Gasteiger partial charge in [-0.3, -0.25) is 4.79 Å². The number of benzene rings is 2. The normalized spacial score (nSPS) is 32.2. The van der Waals surface area contributed by atoms with Gasteiger partial charge in [-0.05, 0) is 21.9 Å². The van der Waals surface area contributed by atoms with Gasteiger partial charge in [0, 0.05) is 23.7 Å². The Balaban J connectivity index is 1.87. The van der Waals surface area contributed by atoms with Crippen LogP contribution in [0.4, 0.5) is 0 Å². The van der Waals surface area contributed by atoms with Crippen LogP contribution in [0.1, 0.15) is 23.0 Å². The van der Waals surface area contributed by atoms with Crippen molar-refractivity contribution in [1.82, 2.24) is 0 Å². The van der Waals surface area contributed by atoms with Crippen LogP contribution < -0.4 is 0 Å². The maximum Gasteiger partial charge on any atom is 0.181 e. The fourth-order valence-electron chi connectivity index (χ4n) is 4.51. The first-order valence-corrected chi connectivity index (χ1v) is 7.75. The van der Waals surface area contributed by atoms with Crippen molar-refractivity contribution in [2.75, 3.05) is 0 Å². The molecule has 2 aromatic rings. The maximum absolute atomic E-state index is 12.6. The molecule has 0 spiro atoms. The first-order chi connectivity index (χ1) is 10.3. The van der Waals surface area contributed by atoms with Gasteiger partial charge in [0.05, 0.1) is 5.03 Å². The van der Waals surface area contributed by atoms with E-state index in [0.29, 0.717) is 11.0 Å². The molecule has 2 bridgehead atoms. The van der Waals surface area contributed by atoms with Crippen LogP contribution >= 0.6 is 11.6 Å². The number of Topliss-reactive ketones (excluding diaryl/α,β-unsaturated/α-hetero) is 1. The number of fused-ring (bicyclic) bond motifs is 1. The summed E-state index contributed by atoms with van der Waals surface area (Å²) in [5, 5.41) is 3.04. The molecule has 0 radical (unpaired) electrons. The average molecular weight is 293 g/mol. The van der Waals surface area contributed by atoms with Crippen LogP contribution in [-0.2, 0) is 4.79 Å². The SMILES string of the molecule is O=C1C(Cl)=C[C@H]2C=C[C@@H]1[C@@H]1c3cccc4cccc(c34)[C@H]21. The molecule has 102 valence electrons. The molecule has 21 heavy (non-hydrogen) atoms. The van der Waals surface area contributed by atoms with Crippen LogP contribution in [0.3, 0.4) is 0 Å². The van der Waals surface area contributed by atoms with Gasteiger partial charge in [0.1, 0.15) is 0 Å². The van der Waals surface area contributed by atoms with E-state index in [1.54, 1.807) is 0 Å². The fraction of sp³-hybridized carbons (Fsp3) is 0.211. The molecule has 4 aliphatic carbocycles. The van der Waals surface area contributed by atoms with Gasteiger partial charge in [-0.15, -0.1) is 0 Å². The molecule has 0 saturated heterocycles. The van der Waals surface area contributed by atoms with E-state index in [4.69, 9.17) is 11.6 Å². The lowest BCUT2D eigenvalue weighted by Crippen LogP contribution is -2.26. The Morgan fingerprint density at radius 3 is 2.38 bits per heavy atom. The smallest absolute Gasteiger partial charge is 0.181 e. The molecule has 2 heteroatoms. The van der Waals surface area contributed by atoms with Gasteiger partial charge in [0.2, 0.25) is 0 Å². The van der Waals surface area contributed by atoms with Crippen molar-refractivity contribution in [2.24, 2.45) is 11.8 Å². The minimum absolute atomic E-state index is 0.0766. The van der Waals surface area contributed by atoms with Gasteiger partial charge in [-0.25, -0.2) is 0 Å². The summed E-state index contributed by atoms with van der Waals surface area (Å²) < 4.78 is 0. The summed E-state index contributed by atoms with van der Waals surface area (Å²) in [4.78, 5) is 12.6. The molecule has 0 heterocycles. The van der Waals surface area contributed by atoms with E-state index >= 15 is 0 Å². The highest BCUT2D eigenvalue weighted by molar-refractivity contribution is 6.43. The molecule has 0 fully saturated rings. The summed E-state index contributed by atoms with van der Waals surface area (Å²) >= 11 is 6.21. The Kier molecular flexibility index (Phi) is 2.16. The van der Waals surface area contributed by atoms with E-state index in [2.05, 4.69) is 48.6 Å². The van der Waals surface area contributed by atoms with E-state index < -0.39 is 0 Å². The Bertz CT molecular complexity index is 856. The van der Waals surface area contributed by atoms with Crippen molar-refractivity contribution in [3.05, 3.63) is 70.8 Å². The first kappa shape index (κ1) is 11.8. The van der Waals surface area contributed by atoms with E-state index in [0.717, 1.165) is 0 Å². The first-order valence-electron chi connectivity index (χ1n) is 7.37. The van der Waals surface area contributed by atoms with Crippen LogP contribution in [0.25, 0.3) is 10.8 Å². The number of hydrogen-bond donors (Lipinski definition) is 0. The lowest BCUT2D eigenvalue weighted by molar-refractivity contribution is -0.117. The highest BCUT2D eigenvalue weighted by atomic mass is 35.5. The summed E-state index contributed by atoms with van der Waals surface area (Å²) in [7, 11) is 0. The number of halogens is 1. The molecule has 1 nitrogen and oxygen atoms in total. The van der Waals surface area contributed by atoms with Crippen LogP contribution in [0.2, 0.25) is 0 Å². The summed E-state index contributed by atoms with van der Waals surface area (Å²) in [6, 6.07) is 13.0. The number of hydrogen-bond acceptors (Lipinski definition) is 1. The summed E-state index contributed by atoms with van der Waals surface area (Å²) in [5.74, 6) is 0.772. The van der Waals surface area contributed by atoms with Gasteiger partial charge in [0.15, 0.2) is 5.78 Å². The van der Waals surface area contributed by atoms with Gasteiger partial charge in [-0.2, -0.15) is 0 Å². The second kappa shape index (κ2) is 3.86. The molecule has 2 aromatic carbocycles. The van der Waals surface area contributed by atoms with Crippen molar-refractivity contribution < 1.29 is 4.79 Å². The lowest BCUT2D eigenvalue weighted by atomic mass is 9.70. The zero-order valence-corrected chi connectivity index (χ0v) is 12.0. The Hall–Kier alpha value is -1.86. The van der Waals surface area contributed by atoms with Crippen molar-refractivity contribution >= 4 is 28.2 Å². The Morgan fingerprint density at radius 1 is 0.905 bits per heavy atom. The molecular weight excluding hydrogens is 280 g/mol. The van der Waals surface area contributed by atoms with Gasteiger partial charge in [-0.1, -0.05) is 66.2 Å². The quantitative estimate of drug-likeness (QED) is 0.652. The van der Waals surface area contributed by atoms with Crippen molar-refractivity contribution in [1.29, 1.82) is 0 Å². The maximum atomic E-state index is 12.6. The number of carbonyl (C=O) groups is 1. The molecule has 0 aromatic heterocycles. The third kappa shape index (κ3) is 1.35. The fourth-order valence-corrected chi connectivity index (χ4v) is 4.78. The van der Waals surface area contributed by atoms with E-state index in [9.17, 15) is 4.79 Å². The van der Waals surface area contributed by atoms with Crippen molar-refractivity contribution in [3.63, 3.8) is 0 Å². The van der Waals surface area contributed by atoms with Crippen molar-refractivity contribution in [3.8, 4) is 0 Å². The monoisotopic (exact) mass is 292 g/mol. The third-order valence-corrected chi connectivity index (χ3v) is 5.61. The molecule has 0 N–H and O–H groups in total. The lowest BCUT2D eigenvalue weighted by Gasteiger charge is -2.32.